The molecule has 17 rings (SSSR count). The maximum absolute atomic E-state index is 2.38. The average Bonchev–Trinajstić information content (AvgIpc) is 1.62. The van der Waals surface area contributed by atoms with Crippen LogP contribution >= 0.6 is 0 Å². The Labute approximate surface area is 539 Å². The van der Waals surface area contributed by atoms with Crippen molar-refractivity contribution >= 4 is 109 Å². The maximum atomic E-state index is 2.38. The SMILES string of the molecule is CCc1ccc2c(c1)c1cc(-c3ccc4c(c3)c3cc(CC)ccc3n4C)ccc1n2C.CCc1ccc2c(c1)c1cc(CC)ccc1n2C.Cc1ccc(-c2ccc3c(c2)c2cc(-c4ccc5c(c4)c4cc(-c6ccc(C)cc6)ccc4n5C)ccc2n3C)cc1. The highest BCUT2D eigenvalue weighted by molar-refractivity contribution is 6.15. The minimum Gasteiger partial charge on any atom is -0.344 e. The molecule has 0 unspecified atom stereocenters. The van der Waals surface area contributed by atoms with E-state index < -0.39 is 0 Å². The first-order valence-corrected chi connectivity index (χ1v) is 33.0. The van der Waals surface area contributed by atoms with Gasteiger partial charge >= 0.3 is 0 Å². The zero-order valence-corrected chi connectivity index (χ0v) is 55.0. The van der Waals surface area contributed by atoms with Gasteiger partial charge in [-0.3, -0.25) is 0 Å². The monoisotopic (exact) mass is 1190 g/mol. The molecule has 0 fully saturated rings. The fourth-order valence-corrected chi connectivity index (χ4v) is 14.7. The van der Waals surface area contributed by atoms with Gasteiger partial charge in [0.1, 0.15) is 0 Å². The van der Waals surface area contributed by atoms with Gasteiger partial charge in [-0.1, -0.05) is 148 Å². The van der Waals surface area contributed by atoms with Gasteiger partial charge in [0.15, 0.2) is 0 Å². The fraction of sp³-hybridized carbons (Fsp3) is 0.172. The summed E-state index contributed by atoms with van der Waals surface area (Å²) in [5, 5.41) is 13.3. The Kier molecular flexibility index (Phi) is 14.6. The van der Waals surface area contributed by atoms with Gasteiger partial charge in [-0.15, -0.1) is 0 Å². The van der Waals surface area contributed by atoms with Crippen molar-refractivity contribution in [3.63, 3.8) is 0 Å². The van der Waals surface area contributed by atoms with Crippen molar-refractivity contribution in [2.45, 2.75) is 67.2 Å². The van der Waals surface area contributed by atoms with Crippen molar-refractivity contribution in [2.24, 2.45) is 35.2 Å². The Bertz CT molecular complexity index is 5400. The number of rotatable bonds is 8. The van der Waals surface area contributed by atoms with Crippen LogP contribution in [0, 0.1) is 13.8 Å². The molecule has 0 saturated carbocycles. The standard InChI is InChI=1S/C40H32N2.C30H28N2.C17H19N/c1-25-5-9-27(10-6-25)29-13-17-37-33(21-29)35-23-31(15-19-39(35)41(37)3)32-16-20-40-36(24-32)34-22-30(14-18-38(34)42(40)4)28-11-7-26(2)8-12-28;1-5-19-7-11-27-23(15-19)25-17-21(9-13-29(25)31(27)3)22-10-14-30-26(18-22)24-16-20(6-2)8-12-28(24)32(30)4;1-4-12-6-8-16-14(10-12)15-11-13(5-2)7-9-17(15)18(16)3/h5-24H,1-4H3;7-18H,5-6H2,1-4H3;6-11H,4-5H2,1-3H3. The minimum atomic E-state index is 1.06. The fourth-order valence-electron chi connectivity index (χ4n) is 14.7. The molecule has 92 heavy (non-hydrogen) atoms. The van der Waals surface area contributed by atoms with Crippen LogP contribution in [0.2, 0.25) is 0 Å². The molecule has 0 bridgehead atoms. The lowest BCUT2D eigenvalue weighted by atomic mass is 9.98. The summed E-state index contributed by atoms with van der Waals surface area (Å²) in [6, 6.07) is 86.5. The third kappa shape index (κ3) is 9.85. The number of aryl methyl sites for hydroxylation is 11. The van der Waals surface area contributed by atoms with Crippen LogP contribution in [0.1, 0.15) is 61.1 Å². The predicted molar refractivity (Wildman–Crippen MR) is 398 cm³/mol. The largest absolute Gasteiger partial charge is 0.344 e. The van der Waals surface area contributed by atoms with E-state index in [-0.39, 0.29) is 0 Å². The lowest BCUT2D eigenvalue weighted by molar-refractivity contribution is 1.01. The third-order valence-electron chi connectivity index (χ3n) is 20.4. The second-order valence-corrected chi connectivity index (χ2v) is 25.7. The van der Waals surface area contributed by atoms with Crippen LogP contribution in [-0.4, -0.2) is 22.8 Å². The maximum Gasteiger partial charge on any atom is 0.0489 e. The van der Waals surface area contributed by atoms with Gasteiger partial charge in [-0.2, -0.15) is 0 Å². The molecule has 17 aromatic rings. The van der Waals surface area contributed by atoms with E-state index in [1.54, 1.807) is 0 Å². The van der Waals surface area contributed by atoms with Gasteiger partial charge in [0.05, 0.1) is 0 Å². The van der Waals surface area contributed by atoms with Crippen molar-refractivity contribution in [1.82, 2.24) is 22.8 Å². The first-order valence-electron chi connectivity index (χ1n) is 33.0. The van der Waals surface area contributed by atoms with E-state index in [9.17, 15) is 0 Å². The molecular weight excluding hydrogens is 1110 g/mol. The smallest absolute Gasteiger partial charge is 0.0489 e. The predicted octanol–water partition coefficient (Wildman–Crippen LogP) is 22.8. The summed E-state index contributed by atoms with van der Waals surface area (Å²) in [4.78, 5) is 0. The molecular formula is C87H79N5. The molecule has 0 aliphatic rings. The third-order valence-corrected chi connectivity index (χ3v) is 20.4. The number of benzene rings is 12. The van der Waals surface area contributed by atoms with E-state index >= 15 is 0 Å². The Balaban J connectivity index is 0.000000124. The second kappa shape index (κ2) is 23.1. The molecule has 5 heterocycles. The number of hydrogen-bond acceptors (Lipinski definition) is 0. The van der Waals surface area contributed by atoms with Gasteiger partial charge in [0.25, 0.3) is 0 Å². The van der Waals surface area contributed by atoms with E-state index in [0.717, 1.165) is 25.7 Å². The summed E-state index contributed by atoms with van der Waals surface area (Å²) in [5.74, 6) is 0. The van der Waals surface area contributed by atoms with Crippen LogP contribution < -0.4 is 0 Å². The Morgan fingerprint density at radius 2 is 0.337 bits per heavy atom. The van der Waals surface area contributed by atoms with Gasteiger partial charge < -0.3 is 22.8 Å². The molecule has 0 spiro atoms. The number of fused-ring (bicyclic) bond motifs is 15. The van der Waals surface area contributed by atoms with Gasteiger partial charge in [0.2, 0.25) is 0 Å². The zero-order valence-electron chi connectivity index (χ0n) is 55.0. The van der Waals surface area contributed by atoms with Crippen LogP contribution in [0.3, 0.4) is 0 Å². The van der Waals surface area contributed by atoms with E-state index in [1.165, 1.54) is 187 Å². The Morgan fingerprint density at radius 1 is 0.185 bits per heavy atom. The van der Waals surface area contributed by atoms with Gasteiger partial charge in [-0.25, -0.2) is 0 Å². The van der Waals surface area contributed by atoms with Crippen LogP contribution in [0.25, 0.3) is 154 Å². The average molecular weight is 1190 g/mol. The zero-order chi connectivity index (χ0) is 63.2. The highest BCUT2D eigenvalue weighted by atomic mass is 15.0. The lowest BCUT2D eigenvalue weighted by Gasteiger charge is -2.05. The molecule has 5 heteroatoms. The number of aromatic nitrogens is 5. The normalized spacial score (nSPS) is 11.8. The van der Waals surface area contributed by atoms with E-state index in [0.29, 0.717) is 0 Å². The second-order valence-electron chi connectivity index (χ2n) is 25.7. The first kappa shape index (κ1) is 58.0. The van der Waals surface area contributed by atoms with Gasteiger partial charge in [-0.05, 0) is 228 Å². The van der Waals surface area contributed by atoms with Crippen molar-refractivity contribution in [2.75, 3.05) is 0 Å². The molecule has 452 valence electrons. The Morgan fingerprint density at radius 3 is 0.522 bits per heavy atom. The summed E-state index contributed by atoms with van der Waals surface area (Å²) >= 11 is 0. The van der Waals surface area contributed by atoms with Crippen LogP contribution in [0.15, 0.2) is 231 Å². The van der Waals surface area contributed by atoms with Crippen molar-refractivity contribution < 1.29 is 0 Å². The quantitative estimate of drug-likeness (QED) is 0.145. The molecule has 0 aliphatic heterocycles. The van der Waals surface area contributed by atoms with Crippen molar-refractivity contribution in [1.29, 1.82) is 0 Å². The summed E-state index contributed by atoms with van der Waals surface area (Å²) in [6.45, 7) is 13.1. The molecule has 0 amide bonds. The molecule has 0 N–H and O–H groups in total. The topological polar surface area (TPSA) is 24.6 Å². The Hall–Kier alpha value is -10.4. The van der Waals surface area contributed by atoms with Crippen LogP contribution in [0.5, 0.6) is 0 Å². The summed E-state index contributed by atoms with van der Waals surface area (Å²) in [6.07, 6.45) is 4.31. The van der Waals surface area contributed by atoms with Crippen molar-refractivity contribution in [3.8, 4) is 44.5 Å². The first-order chi connectivity index (χ1) is 44.8. The molecule has 0 radical (unpaired) electrons. The molecule has 5 aromatic heterocycles. The highest BCUT2D eigenvalue weighted by Gasteiger charge is 2.17. The lowest BCUT2D eigenvalue weighted by Crippen LogP contribution is -1.87. The molecule has 0 saturated heterocycles. The molecule has 0 atom stereocenters. The van der Waals surface area contributed by atoms with Crippen LogP contribution in [-0.2, 0) is 60.9 Å². The minimum absolute atomic E-state index is 1.06. The summed E-state index contributed by atoms with van der Waals surface area (Å²) in [5.41, 5.74) is 31.1. The van der Waals surface area contributed by atoms with Crippen molar-refractivity contribution in [3.05, 3.63) is 264 Å². The van der Waals surface area contributed by atoms with Crippen LogP contribution in [0.4, 0.5) is 0 Å². The molecule has 0 aliphatic carbocycles. The summed E-state index contributed by atoms with van der Waals surface area (Å²) < 4.78 is 11.5. The molecule has 12 aromatic carbocycles. The van der Waals surface area contributed by atoms with E-state index in [2.05, 4.69) is 330 Å². The molecule has 5 nitrogen and oxygen atoms in total. The highest BCUT2D eigenvalue weighted by Crippen LogP contribution is 2.40. The van der Waals surface area contributed by atoms with E-state index in [1.807, 2.05) is 0 Å². The number of nitrogens with zero attached hydrogens (tertiary/aromatic N) is 5. The van der Waals surface area contributed by atoms with Gasteiger partial charge in [0, 0.05) is 144 Å². The van der Waals surface area contributed by atoms with E-state index in [4.69, 9.17) is 0 Å². The summed E-state index contributed by atoms with van der Waals surface area (Å²) in [7, 11) is 10.8. The number of hydrogen-bond donors (Lipinski definition) is 0.